The second kappa shape index (κ2) is 10.5. The van der Waals surface area contributed by atoms with E-state index in [9.17, 15) is 9.90 Å². The Labute approximate surface area is 148 Å². The lowest BCUT2D eigenvalue weighted by molar-refractivity contribution is 0.141. The summed E-state index contributed by atoms with van der Waals surface area (Å²) in [6.45, 7) is 8.82. The molecule has 0 fully saturated rings. The maximum absolute atomic E-state index is 11.1. The summed E-state index contributed by atoms with van der Waals surface area (Å²) >= 11 is 0. The van der Waals surface area contributed by atoms with Gasteiger partial charge in [0.1, 0.15) is 0 Å². The molecular formula is C18H28O7. The van der Waals surface area contributed by atoms with Crippen LogP contribution in [0.4, 0.5) is 4.79 Å². The molecule has 7 heteroatoms. The van der Waals surface area contributed by atoms with Gasteiger partial charge >= 0.3 is 6.16 Å². The SMILES string of the molecule is CCCOc1c(O)c(OC(=O)O)c(CC)c(OCCC)c1OCCC. The third kappa shape index (κ3) is 5.34. The van der Waals surface area contributed by atoms with E-state index in [-0.39, 0.29) is 23.0 Å². The Hall–Kier alpha value is -2.31. The van der Waals surface area contributed by atoms with Crippen LogP contribution >= 0.6 is 0 Å². The Morgan fingerprint density at radius 3 is 1.72 bits per heavy atom. The second-order valence-corrected chi connectivity index (χ2v) is 5.41. The van der Waals surface area contributed by atoms with Gasteiger partial charge in [0.2, 0.25) is 17.2 Å². The number of phenols is 1. The van der Waals surface area contributed by atoms with Crippen molar-refractivity contribution in [2.75, 3.05) is 19.8 Å². The first-order valence-electron chi connectivity index (χ1n) is 8.72. The van der Waals surface area contributed by atoms with Crippen molar-refractivity contribution < 1.29 is 34.0 Å². The molecule has 1 rings (SSSR count). The van der Waals surface area contributed by atoms with Crippen LogP contribution in [0.5, 0.6) is 28.7 Å². The standard InChI is InChI=1S/C18H28O7/c1-5-9-22-15-12(8-4)14(25-18(20)21)13(19)16(23-10-6-2)17(15)24-11-7-3/h19H,5-11H2,1-4H3,(H,20,21). The Balaban J connectivity index is 3.60. The van der Waals surface area contributed by atoms with Crippen molar-refractivity contribution in [3.8, 4) is 28.7 Å². The molecular weight excluding hydrogens is 328 g/mol. The van der Waals surface area contributed by atoms with Gasteiger partial charge in [-0.2, -0.15) is 0 Å². The summed E-state index contributed by atoms with van der Waals surface area (Å²) in [4.78, 5) is 11.1. The van der Waals surface area contributed by atoms with Gasteiger partial charge in [0, 0.05) is 5.56 Å². The van der Waals surface area contributed by atoms with Gasteiger partial charge in [0.05, 0.1) is 19.8 Å². The van der Waals surface area contributed by atoms with Crippen molar-refractivity contribution in [2.24, 2.45) is 0 Å². The molecule has 0 aliphatic carbocycles. The number of carbonyl (C=O) groups is 1. The van der Waals surface area contributed by atoms with Crippen LogP contribution in [0.2, 0.25) is 0 Å². The second-order valence-electron chi connectivity index (χ2n) is 5.41. The molecule has 2 N–H and O–H groups in total. The lowest BCUT2D eigenvalue weighted by Crippen LogP contribution is -2.11. The van der Waals surface area contributed by atoms with Crippen molar-refractivity contribution in [2.45, 2.75) is 53.4 Å². The number of ether oxygens (including phenoxy) is 4. The zero-order valence-corrected chi connectivity index (χ0v) is 15.4. The van der Waals surface area contributed by atoms with Crippen LogP contribution in [0, 0.1) is 0 Å². The summed E-state index contributed by atoms with van der Waals surface area (Å²) in [6.07, 6.45) is 1.11. The first-order chi connectivity index (χ1) is 12.0. The van der Waals surface area contributed by atoms with Gasteiger partial charge in [-0.15, -0.1) is 0 Å². The maximum Gasteiger partial charge on any atom is 0.511 e. The molecule has 0 atom stereocenters. The van der Waals surface area contributed by atoms with Crippen molar-refractivity contribution in [1.82, 2.24) is 0 Å². The molecule has 1 aromatic carbocycles. The van der Waals surface area contributed by atoms with Gasteiger partial charge in [-0.25, -0.2) is 4.79 Å². The molecule has 0 saturated carbocycles. The number of hydrogen-bond acceptors (Lipinski definition) is 6. The molecule has 1 aromatic rings. The van der Waals surface area contributed by atoms with Crippen LogP contribution in [-0.4, -0.2) is 36.2 Å². The highest BCUT2D eigenvalue weighted by atomic mass is 16.7. The molecule has 0 heterocycles. The highest BCUT2D eigenvalue weighted by Crippen LogP contribution is 2.53. The zero-order valence-electron chi connectivity index (χ0n) is 15.4. The van der Waals surface area contributed by atoms with Gasteiger partial charge in [-0.1, -0.05) is 27.7 Å². The summed E-state index contributed by atoms with van der Waals surface area (Å²) in [5.41, 5.74) is 0.434. The fourth-order valence-corrected chi connectivity index (χ4v) is 2.25. The van der Waals surface area contributed by atoms with Crippen molar-refractivity contribution >= 4 is 6.16 Å². The van der Waals surface area contributed by atoms with Crippen LogP contribution in [0.3, 0.4) is 0 Å². The molecule has 0 amide bonds. The fourth-order valence-electron chi connectivity index (χ4n) is 2.25. The van der Waals surface area contributed by atoms with Crippen molar-refractivity contribution in [3.63, 3.8) is 0 Å². The first kappa shape index (κ1) is 20.7. The Morgan fingerprint density at radius 1 is 0.800 bits per heavy atom. The quantitative estimate of drug-likeness (QED) is 0.449. The van der Waals surface area contributed by atoms with Crippen molar-refractivity contribution in [1.29, 1.82) is 0 Å². The number of aromatic hydroxyl groups is 1. The largest absolute Gasteiger partial charge is 0.511 e. The first-order valence-corrected chi connectivity index (χ1v) is 8.72. The lowest BCUT2D eigenvalue weighted by atomic mass is 10.1. The zero-order chi connectivity index (χ0) is 18.8. The molecule has 0 radical (unpaired) electrons. The molecule has 0 aromatic heterocycles. The molecule has 0 bridgehead atoms. The highest BCUT2D eigenvalue weighted by Gasteiger charge is 2.29. The van der Waals surface area contributed by atoms with E-state index in [1.807, 2.05) is 27.7 Å². The van der Waals surface area contributed by atoms with Crippen LogP contribution in [-0.2, 0) is 6.42 Å². The molecule has 142 valence electrons. The molecule has 7 nitrogen and oxygen atoms in total. The Morgan fingerprint density at radius 2 is 1.28 bits per heavy atom. The number of carboxylic acid groups (broad SMARTS) is 1. The normalized spacial score (nSPS) is 10.4. The minimum Gasteiger partial charge on any atom is -0.502 e. The number of rotatable bonds is 11. The molecule has 0 aliphatic heterocycles. The third-order valence-electron chi connectivity index (χ3n) is 3.29. The average molecular weight is 356 g/mol. The monoisotopic (exact) mass is 356 g/mol. The van der Waals surface area contributed by atoms with Gasteiger partial charge < -0.3 is 29.2 Å². The van der Waals surface area contributed by atoms with E-state index in [4.69, 9.17) is 24.1 Å². The van der Waals surface area contributed by atoms with E-state index in [1.165, 1.54) is 0 Å². The summed E-state index contributed by atoms with van der Waals surface area (Å²) < 4.78 is 22.0. The van der Waals surface area contributed by atoms with Crippen LogP contribution in [0.25, 0.3) is 0 Å². The summed E-state index contributed by atoms with van der Waals surface area (Å²) in [5, 5.41) is 19.6. The van der Waals surface area contributed by atoms with E-state index >= 15 is 0 Å². The number of benzene rings is 1. The highest BCUT2D eigenvalue weighted by molar-refractivity contribution is 5.73. The fraction of sp³-hybridized carbons (Fsp3) is 0.611. The van der Waals surface area contributed by atoms with Gasteiger partial charge in [-0.05, 0) is 25.7 Å². The van der Waals surface area contributed by atoms with E-state index in [0.717, 1.165) is 12.8 Å². The van der Waals surface area contributed by atoms with E-state index in [0.29, 0.717) is 44.0 Å². The molecule has 0 aliphatic rings. The predicted molar refractivity (Wildman–Crippen MR) is 93.5 cm³/mol. The smallest absolute Gasteiger partial charge is 0.502 e. The van der Waals surface area contributed by atoms with Crippen molar-refractivity contribution in [3.05, 3.63) is 5.56 Å². The average Bonchev–Trinajstić information content (AvgIpc) is 2.59. The lowest BCUT2D eigenvalue weighted by Gasteiger charge is -2.22. The molecule has 0 unspecified atom stereocenters. The maximum atomic E-state index is 11.1. The minimum atomic E-state index is -1.52. The van der Waals surface area contributed by atoms with Crippen LogP contribution < -0.4 is 18.9 Å². The van der Waals surface area contributed by atoms with E-state index < -0.39 is 6.16 Å². The van der Waals surface area contributed by atoms with Gasteiger partial charge in [0.15, 0.2) is 11.5 Å². The number of phenolic OH excluding ortho intramolecular Hbond substituents is 1. The topological polar surface area (TPSA) is 94.5 Å². The number of hydrogen-bond donors (Lipinski definition) is 2. The van der Waals surface area contributed by atoms with E-state index in [1.54, 1.807) is 0 Å². The van der Waals surface area contributed by atoms with E-state index in [2.05, 4.69) is 0 Å². The van der Waals surface area contributed by atoms with Gasteiger partial charge in [-0.3, -0.25) is 0 Å². The van der Waals surface area contributed by atoms with Crippen LogP contribution in [0.1, 0.15) is 52.5 Å². The Bertz CT molecular complexity index is 569. The summed E-state index contributed by atoms with van der Waals surface area (Å²) in [6, 6.07) is 0. The van der Waals surface area contributed by atoms with Crippen LogP contribution in [0.15, 0.2) is 0 Å². The predicted octanol–water partition coefficient (Wildman–Crippen LogP) is 4.38. The van der Waals surface area contributed by atoms with Gasteiger partial charge in [0.25, 0.3) is 0 Å². The third-order valence-corrected chi connectivity index (χ3v) is 3.29. The molecule has 25 heavy (non-hydrogen) atoms. The molecule has 0 saturated heterocycles. The molecule has 0 spiro atoms. The Kier molecular flexibility index (Phi) is 8.74. The summed E-state index contributed by atoms with van der Waals surface area (Å²) in [5.74, 6) is 0.141. The summed E-state index contributed by atoms with van der Waals surface area (Å²) in [7, 11) is 0. The minimum absolute atomic E-state index is 0.0508.